The minimum Gasteiger partial charge on any atom is -0.508 e. The van der Waals surface area contributed by atoms with Crippen molar-refractivity contribution in [3.8, 4) is 5.75 Å². The van der Waals surface area contributed by atoms with Crippen molar-refractivity contribution in [2.24, 2.45) is 17.3 Å². The zero-order valence-electron chi connectivity index (χ0n) is 18.0. The van der Waals surface area contributed by atoms with Gasteiger partial charge in [0.2, 0.25) is 0 Å². The summed E-state index contributed by atoms with van der Waals surface area (Å²) >= 11 is 0. The van der Waals surface area contributed by atoms with Gasteiger partial charge in [-0.25, -0.2) is 0 Å². The lowest BCUT2D eigenvalue weighted by Crippen LogP contribution is -2.42. The third-order valence-electron chi connectivity index (χ3n) is 8.11. The summed E-state index contributed by atoms with van der Waals surface area (Å²) in [5.74, 6) is 2.80. The highest BCUT2D eigenvalue weighted by atomic mass is 16.3. The summed E-state index contributed by atoms with van der Waals surface area (Å²) < 4.78 is 0. The van der Waals surface area contributed by atoms with Crippen LogP contribution in [0.1, 0.15) is 88.3 Å². The van der Waals surface area contributed by atoms with Crippen molar-refractivity contribution >= 4 is 5.78 Å². The number of aromatic hydroxyl groups is 1. The molecule has 0 aliphatic heterocycles. The molecular weight excluding hydrogens is 346 g/mol. The molecule has 1 aromatic rings. The molecule has 1 N–H and O–H groups in total. The molecule has 0 spiro atoms. The van der Waals surface area contributed by atoms with Gasteiger partial charge in [0.15, 0.2) is 0 Å². The molecule has 0 radical (unpaired) electrons. The number of fused-ring (bicyclic) bond motifs is 5. The summed E-state index contributed by atoms with van der Waals surface area (Å²) in [4.78, 5) is 15.0. The average molecular weight is 384 g/mol. The van der Waals surface area contributed by atoms with Crippen LogP contribution in [0.3, 0.4) is 0 Å². The molecule has 0 aromatic heterocycles. The Labute approximate surface area is 170 Å². The summed E-state index contributed by atoms with van der Waals surface area (Å²) in [6, 6.07) is 4.39. The monoisotopic (exact) mass is 383 g/mol. The van der Waals surface area contributed by atoms with Crippen molar-refractivity contribution in [3.05, 3.63) is 28.8 Å². The quantitative estimate of drug-likeness (QED) is 0.711. The molecule has 0 bridgehead atoms. The third kappa shape index (κ3) is 3.30. The number of phenolic OH excluding ortho intramolecular Hbond substituents is 1. The fourth-order valence-electron chi connectivity index (χ4n) is 6.70. The number of hydrogen-bond donors (Lipinski definition) is 1. The summed E-state index contributed by atoms with van der Waals surface area (Å²) in [5, 5.41) is 10.7. The average Bonchev–Trinajstić information content (AvgIpc) is 2.98. The second-order valence-corrected chi connectivity index (χ2v) is 9.79. The van der Waals surface area contributed by atoms with Crippen LogP contribution in [0.5, 0.6) is 5.75 Å². The van der Waals surface area contributed by atoms with Crippen molar-refractivity contribution in [1.29, 1.82) is 0 Å². The SMILES string of the molecule is CCCN(CCC)Cc1cc2c(cc1O)CC[C@H]1[C@H]3CCC(=O)[C@]3(C)CC[C@@H]21. The van der Waals surface area contributed by atoms with E-state index in [9.17, 15) is 9.90 Å². The van der Waals surface area contributed by atoms with Crippen LogP contribution in [0.25, 0.3) is 0 Å². The van der Waals surface area contributed by atoms with Crippen LogP contribution >= 0.6 is 0 Å². The number of carbonyl (C=O) groups excluding carboxylic acids is 1. The van der Waals surface area contributed by atoms with Crippen molar-refractivity contribution in [1.82, 2.24) is 4.90 Å². The molecule has 3 heteroatoms. The van der Waals surface area contributed by atoms with Gasteiger partial charge in [0.05, 0.1) is 0 Å². The van der Waals surface area contributed by atoms with E-state index in [1.807, 2.05) is 0 Å². The van der Waals surface area contributed by atoms with Crippen LogP contribution in [0.15, 0.2) is 12.1 Å². The van der Waals surface area contributed by atoms with Crippen molar-refractivity contribution in [2.75, 3.05) is 13.1 Å². The number of phenols is 1. The minimum absolute atomic E-state index is 0.0581. The normalized spacial score (nSPS) is 31.6. The molecule has 28 heavy (non-hydrogen) atoms. The summed E-state index contributed by atoms with van der Waals surface area (Å²) in [6.45, 7) is 9.70. The van der Waals surface area contributed by atoms with E-state index in [1.165, 1.54) is 17.5 Å². The van der Waals surface area contributed by atoms with Crippen LogP contribution in [0, 0.1) is 17.3 Å². The number of carbonyl (C=O) groups is 1. The lowest BCUT2D eigenvalue weighted by molar-refractivity contribution is -0.129. The predicted octanol–water partition coefficient (Wildman–Crippen LogP) is 5.44. The fraction of sp³-hybridized carbons (Fsp3) is 0.720. The van der Waals surface area contributed by atoms with Gasteiger partial charge in [0, 0.05) is 23.9 Å². The zero-order valence-corrected chi connectivity index (χ0v) is 18.0. The maximum atomic E-state index is 12.6. The van der Waals surface area contributed by atoms with Crippen LogP contribution in [-0.4, -0.2) is 28.9 Å². The third-order valence-corrected chi connectivity index (χ3v) is 8.11. The highest BCUT2D eigenvalue weighted by molar-refractivity contribution is 5.87. The molecule has 2 saturated carbocycles. The van der Waals surface area contributed by atoms with Crippen molar-refractivity contribution < 1.29 is 9.90 Å². The van der Waals surface area contributed by atoms with Gasteiger partial charge in [-0.05, 0) is 93.0 Å². The Balaban J connectivity index is 1.62. The van der Waals surface area contributed by atoms with Gasteiger partial charge >= 0.3 is 0 Å². The number of hydrogen-bond acceptors (Lipinski definition) is 3. The van der Waals surface area contributed by atoms with Crippen LogP contribution in [0.2, 0.25) is 0 Å². The van der Waals surface area contributed by atoms with Gasteiger partial charge in [-0.2, -0.15) is 0 Å². The van der Waals surface area contributed by atoms with Gasteiger partial charge in [-0.1, -0.05) is 26.8 Å². The molecule has 1 aromatic carbocycles. The first kappa shape index (κ1) is 19.9. The highest BCUT2D eigenvalue weighted by Gasteiger charge is 2.54. The lowest BCUT2D eigenvalue weighted by atomic mass is 9.55. The van der Waals surface area contributed by atoms with E-state index in [-0.39, 0.29) is 5.41 Å². The van der Waals surface area contributed by atoms with E-state index in [0.717, 1.165) is 70.1 Å². The topological polar surface area (TPSA) is 40.5 Å². The van der Waals surface area contributed by atoms with Gasteiger partial charge < -0.3 is 5.11 Å². The van der Waals surface area contributed by atoms with Crippen molar-refractivity contribution in [3.63, 3.8) is 0 Å². The first-order chi connectivity index (χ1) is 13.5. The van der Waals surface area contributed by atoms with Gasteiger partial charge in [-0.15, -0.1) is 0 Å². The number of nitrogens with zero attached hydrogens (tertiary/aromatic N) is 1. The van der Waals surface area contributed by atoms with Crippen molar-refractivity contribution in [2.45, 2.75) is 84.6 Å². The minimum atomic E-state index is -0.0581. The van der Waals surface area contributed by atoms with Gasteiger partial charge in [0.1, 0.15) is 11.5 Å². The molecule has 0 unspecified atom stereocenters. The maximum absolute atomic E-state index is 12.6. The van der Waals surface area contributed by atoms with Gasteiger partial charge in [-0.3, -0.25) is 9.69 Å². The standard InChI is InChI=1S/C25H37NO2/c1-4-12-26(13-5-2)16-18-14-21-17(15-23(18)27)6-7-20-19(21)10-11-25(3)22(20)8-9-24(25)28/h14-15,19-20,22,27H,4-13,16H2,1-3H3/t19-,20-,22-,25-/m1/s1. The summed E-state index contributed by atoms with van der Waals surface area (Å²) in [7, 11) is 0. The number of rotatable bonds is 6. The highest BCUT2D eigenvalue weighted by Crippen LogP contribution is 2.59. The fourth-order valence-corrected chi connectivity index (χ4v) is 6.70. The van der Waals surface area contributed by atoms with E-state index >= 15 is 0 Å². The molecule has 3 aliphatic rings. The predicted molar refractivity (Wildman–Crippen MR) is 114 cm³/mol. The second kappa shape index (κ2) is 7.82. The van der Waals surface area contributed by atoms with Gasteiger partial charge in [0.25, 0.3) is 0 Å². The molecule has 3 nitrogen and oxygen atoms in total. The lowest BCUT2D eigenvalue weighted by Gasteiger charge is -2.48. The van der Waals surface area contributed by atoms with Crippen LogP contribution in [-0.2, 0) is 17.8 Å². The van der Waals surface area contributed by atoms with E-state index in [2.05, 4.69) is 37.8 Å². The largest absolute Gasteiger partial charge is 0.508 e. The summed E-state index contributed by atoms with van der Waals surface area (Å²) in [6.07, 6.45) is 8.59. The molecule has 2 fully saturated rings. The molecule has 0 amide bonds. The molecule has 4 atom stereocenters. The van der Waals surface area contributed by atoms with Crippen LogP contribution < -0.4 is 0 Å². The van der Waals surface area contributed by atoms with E-state index in [4.69, 9.17) is 0 Å². The first-order valence-electron chi connectivity index (χ1n) is 11.6. The number of Topliss-reactive ketones (excluding diaryl/α,β-unsaturated/α-hetero) is 1. The summed E-state index contributed by atoms with van der Waals surface area (Å²) in [5.41, 5.74) is 3.88. The van der Waals surface area contributed by atoms with E-state index in [0.29, 0.717) is 29.3 Å². The number of benzene rings is 1. The Bertz CT molecular complexity index is 736. The Morgan fingerprint density at radius 3 is 2.57 bits per heavy atom. The Kier molecular flexibility index (Phi) is 5.57. The number of ketones is 1. The Morgan fingerprint density at radius 1 is 1.11 bits per heavy atom. The van der Waals surface area contributed by atoms with E-state index in [1.54, 1.807) is 0 Å². The maximum Gasteiger partial charge on any atom is 0.139 e. The molecule has 4 rings (SSSR count). The van der Waals surface area contributed by atoms with Crippen LogP contribution in [0.4, 0.5) is 0 Å². The zero-order chi connectivity index (χ0) is 19.9. The molecule has 0 saturated heterocycles. The Morgan fingerprint density at radius 2 is 1.86 bits per heavy atom. The first-order valence-corrected chi connectivity index (χ1v) is 11.6. The Hall–Kier alpha value is -1.35. The molecule has 3 aliphatic carbocycles. The van der Waals surface area contributed by atoms with E-state index < -0.39 is 0 Å². The number of aryl methyl sites for hydroxylation is 1. The smallest absolute Gasteiger partial charge is 0.139 e. The molecular formula is C25H37NO2. The second-order valence-electron chi connectivity index (χ2n) is 9.79. The molecule has 0 heterocycles. The molecule has 154 valence electrons.